The topological polar surface area (TPSA) is 85.7 Å². The Kier molecular flexibility index (Phi) is 6.70. The summed E-state index contributed by atoms with van der Waals surface area (Å²) < 4.78 is 13.1. The largest absolute Gasteiger partial charge is 0.479 e. The van der Waals surface area contributed by atoms with Crippen molar-refractivity contribution in [3.63, 3.8) is 0 Å². The second-order valence-corrected chi connectivity index (χ2v) is 7.64. The van der Waals surface area contributed by atoms with Gasteiger partial charge in [-0.05, 0) is 44.5 Å². The number of hydrogen-bond acceptors (Lipinski definition) is 5. The van der Waals surface area contributed by atoms with E-state index in [-0.39, 0.29) is 24.8 Å². The zero-order valence-electron chi connectivity index (χ0n) is 18.4. The number of ether oxygens (including phenoxy) is 2. The summed E-state index contributed by atoms with van der Waals surface area (Å²) in [7, 11) is 0. The maximum atomic E-state index is 12.8. The second kappa shape index (κ2) is 9.82. The highest BCUT2D eigenvalue weighted by Gasteiger charge is 2.31. The molecule has 1 aliphatic rings. The van der Waals surface area contributed by atoms with Crippen LogP contribution in [0.1, 0.15) is 26.7 Å². The summed E-state index contributed by atoms with van der Waals surface area (Å²) in [5.41, 5.74) is 2.47. The molecule has 0 spiro atoms. The van der Waals surface area contributed by atoms with Crippen molar-refractivity contribution in [3.8, 4) is 5.75 Å². The number of carbonyl (C=O) groups excluding carboxylic acids is 2. The Morgan fingerprint density at radius 2 is 1.94 bits per heavy atom. The Hall–Kier alpha value is -3.39. The number of nitrogens with zero attached hydrogens (tertiary/aromatic N) is 3. The zero-order valence-corrected chi connectivity index (χ0v) is 18.4. The molecular formula is C24H28N4O4. The molecule has 0 radical (unpaired) electrons. The summed E-state index contributed by atoms with van der Waals surface area (Å²) in [6, 6.07) is 15.2. The Labute approximate surface area is 187 Å². The van der Waals surface area contributed by atoms with Crippen LogP contribution in [0.3, 0.4) is 0 Å². The Morgan fingerprint density at radius 3 is 2.78 bits per heavy atom. The van der Waals surface area contributed by atoms with Crippen LogP contribution in [0, 0.1) is 0 Å². The van der Waals surface area contributed by atoms with Gasteiger partial charge in [-0.3, -0.25) is 14.9 Å². The number of benzene rings is 2. The molecule has 0 bridgehead atoms. The fourth-order valence-corrected chi connectivity index (χ4v) is 3.86. The Balaban J connectivity index is 1.46. The number of aromatic nitrogens is 2. The van der Waals surface area contributed by atoms with E-state index in [1.807, 2.05) is 60.0 Å². The fourth-order valence-electron chi connectivity index (χ4n) is 3.86. The number of anilines is 2. The zero-order chi connectivity index (χ0) is 22.5. The number of aryl methyl sites for hydroxylation is 1. The molecule has 32 heavy (non-hydrogen) atoms. The second-order valence-electron chi connectivity index (χ2n) is 7.64. The van der Waals surface area contributed by atoms with Crippen LogP contribution in [0.5, 0.6) is 5.75 Å². The van der Waals surface area contributed by atoms with Gasteiger partial charge >= 0.3 is 0 Å². The molecule has 4 rings (SSSR count). The van der Waals surface area contributed by atoms with Crippen LogP contribution in [-0.2, 0) is 20.9 Å². The molecular weight excluding hydrogens is 408 g/mol. The predicted octanol–water partition coefficient (Wildman–Crippen LogP) is 3.61. The van der Waals surface area contributed by atoms with Crippen molar-refractivity contribution < 1.29 is 19.1 Å². The molecule has 2 heterocycles. The lowest BCUT2D eigenvalue weighted by Crippen LogP contribution is -2.45. The van der Waals surface area contributed by atoms with Gasteiger partial charge in [0.05, 0.1) is 16.7 Å². The first kappa shape index (κ1) is 21.8. The molecule has 168 valence electrons. The van der Waals surface area contributed by atoms with Crippen LogP contribution < -0.4 is 15.0 Å². The summed E-state index contributed by atoms with van der Waals surface area (Å²) in [4.78, 5) is 31.7. The van der Waals surface area contributed by atoms with E-state index in [0.29, 0.717) is 37.1 Å². The number of amides is 2. The average molecular weight is 437 g/mol. The highest BCUT2D eigenvalue weighted by Crippen LogP contribution is 2.33. The molecule has 8 nitrogen and oxygen atoms in total. The van der Waals surface area contributed by atoms with Gasteiger partial charge in [-0.1, -0.05) is 24.3 Å². The third-order valence-corrected chi connectivity index (χ3v) is 5.42. The maximum absolute atomic E-state index is 12.8. The summed E-state index contributed by atoms with van der Waals surface area (Å²) in [5, 5.41) is 2.93. The monoisotopic (exact) mass is 436 g/mol. The van der Waals surface area contributed by atoms with Crippen molar-refractivity contribution >= 4 is 34.5 Å². The van der Waals surface area contributed by atoms with Gasteiger partial charge in [0, 0.05) is 32.7 Å². The molecule has 0 saturated carbocycles. The van der Waals surface area contributed by atoms with E-state index >= 15 is 0 Å². The number of hydrogen-bond donors (Lipinski definition) is 1. The number of imidazole rings is 1. The Bertz CT molecular complexity index is 1110. The van der Waals surface area contributed by atoms with E-state index in [1.54, 1.807) is 11.8 Å². The molecule has 1 aliphatic heterocycles. The first-order chi connectivity index (χ1) is 15.6. The first-order valence-corrected chi connectivity index (χ1v) is 11.0. The summed E-state index contributed by atoms with van der Waals surface area (Å²) in [6.07, 6.45) is 0.380. The number of nitrogens with one attached hydrogen (secondary N) is 1. The van der Waals surface area contributed by atoms with Crippen LogP contribution in [0.4, 0.5) is 11.6 Å². The van der Waals surface area contributed by atoms with Gasteiger partial charge in [-0.2, -0.15) is 0 Å². The first-order valence-electron chi connectivity index (χ1n) is 11.0. The van der Waals surface area contributed by atoms with E-state index in [0.717, 1.165) is 17.5 Å². The predicted molar refractivity (Wildman–Crippen MR) is 123 cm³/mol. The van der Waals surface area contributed by atoms with Crippen LogP contribution >= 0.6 is 0 Å². The van der Waals surface area contributed by atoms with Crippen molar-refractivity contribution in [1.82, 2.24) is 9.55 Å². The van der Waals surface area contributed by atoms with E-state index in [4.69, 9.17) is 9.47 Å². The van der Waals surface area contributed by atoms with Crippen molar-refractivity contribution in [2.75, 3.05) is 30.0 Å². The van der Waals surface area contributed by atoms with E-state index in [2.05, 4.69) is 10.3 Å². The SMILES string of the molecule is CCOCCCn1c(NC(=O)CCN2C(=O)C(C)Oc3ccccc32)nc2ccccc21. The smallest absolute Gasteiger partial charge is 0.267 e. The average Bonchev–Trinajstić information content (AvgIpc) is 3.14. The molecule has 0 aliphatic carbocycles. The fraction of sp³-hybridized carbons (Fsp3) is 0.375. The Morgan fingerprint density at radius 1 is 1.16 bits per heavy atom. The van der Waals surface area contributed by atoms with Gasteiger partial charge in [-0.25, -0.2) is 4.98 Å². The van der Waals surface area contributed by atoms with Gasteiger partial charge in [0.25, 0.3) is 5.91 Å². The lowest BCUT2D eigenvalue weighted by Gasteiger charge is -2.32. The highest BCUT2D eigenvalue weighted by atomic mass is 16.5. The van der Waals surface area contributed by atoms with Crippen LogP contribution in [0.25, 0.3) is 11.0 Å². The lowest BCUT2D eigenvalue weighted by molar-refractivity contribution is -0.125. The van der Waals surface area contributed by atoms with E-state index in [9.17, 15) is 9.59 Å². The van der Waals surface area contributed by atoms with E-state index in [1.165, 1.54) is 0 Å². The number of fused-ring (bicyclic) bond motifs is 2. The van der Waals surface area contributed by atoms with Gasteiger partial charge in [0.15, 0.2) is 6.10 Å². The van der Waals surface area contributed by atoms with Crippen molar-refractivity contribution in [2.45, 2.75) is 39.3 Å². The van der Waals surface area contributed by atoms with Crippen molar-refractivity contribution in [2.24, 2.45) is 0 Å². The number of carbonyl (C=O) groups is 2. The molecule has 8 heteroatoms. The van der Waals surface area contributed by atoms with Gasteiger partial charge in [0.1, 0.15) is 5.75 Å². The maximum Gasteiger partial charge on any atom is 0.267 e. The third-order valence-electron chi connectivity index (χ3n) is 5.42. The van der Waals surface area contributed by atoms with Crippen LogP contribution in [-0.4, -0.2) is 47.2 Å². The number of rotatable bonds is 9. The van der Waals surface area contributed by atoms with Gasteiger partial charge in [0.2, 0.25) is 11.9 Å². The van der Waals surface area contributed by atoms with Crippen LogP contribution in [0.2, 0.25) is 0 Å². The highest BCUT2D eigenvalue weighted by molar-refractivity contribution is 6.00. The molecule has 1 atom stereocenters. The molecule has 0 fully saturated rings. The lowest BCUT2D eigenvalue weighted by atomic mass is 10.1. The standard InChI is InChI=1S/C24H28N4O4/c1-3-31-16-8-14-28-19-10-5-4-9-18(19)25-24(28)26-22(29)13-15-27-20-11-6-7-12-21(20)32-17(2)23(27)30/h4-7,9-12,17H,3,8,13-16H2,1-2H3,(H,25,26,29). The summed E-state index contributed by atoms with van der Waals surface area (Å²) in [6.45, 7) is 5.96. The molecule has 2 aromatic carbocycles. The van der Waals surface area contributed by atoms with Gasteiger partial charge in [-0.15, -0.1) is 0 Å². The number of para-hydroxylation sites is 4. The van der Waals surface area contributed by atoms with Crippen molar-refractivity contribution in [1.29, 1.82) is 0 Å². The molecule has 3 aromatic rings. The normalized spacial score (nSPS) is 15.5. The van der Waals surface area contributed by atoms with Crippen LogP contribution in [0.15, 0.2) is 48.5 Å². The summed E-state index contributed by atoms with van der Waals surface area (Å²) in [5.74, 6) is 0.807. The molecule has 1 N–H and O–H groups in total. The minimum atomic E-state index is -0.581. The van der Waals surface area contributed by atoms with E-state index < -0.39 is 6.10 Å². The molecule has 1 unspecified atom stereocenters. The molecule has 1 aromatic heterocycles. The summed E-state index contributed by atoms with van der Waals surface area (Å²) >= 11 is 0. The quantitative estimate of drug-likeness (QED) is 0.518. The molecule has 0 saturated heterocycles. The van der Waals surface area contributed by atoms with Gasteiger partial charge < -0.3 is 18.9 Å². The minimum Gasteiger partial charge on any atom is -0.479 e. The van der Waals surface area contributed by atoms with Crippen molar-refractivity contribution in [3.05, 3.63) is 48.5 Å². The minimum absolute atomic E-state index is 0.148. The molecule has 2 amide bonds. The third kappa shape index (κ3) is 4.60.